The second-order valence-corrected chi connectivity index (χ2v) is 8.47. The third-order valence-corrected chi connectivity index (χ3v) is 5.42. The van der Waals surface area contributed by atoms with E-state index in [-0.39, 0.29) is 31.4 Å². The molecule has 0 spiro atoms. The molecule has 1 rings (SSSR count). The van der Waals surface area contributed by atoms with Crippen LogP contribution in [0.4, 0.5) is 0 Å². The molecular formula is C23H36N6O8. The van der Waals surface area contributed by atoms with Gasteiger partial charge in [0.15, 0.2) is 0 Å². The van der Waals surface area contributed by atoms with Crippen LogP contribution in [0.5, 0.6) is 5.75 Å². The Balaban J connectivity index is 3.09. The van der Waals surface area contributed by atoms with E-state index in [1.54, 1.807) is 0 Å². The predicted octanol–water partition coefficient (Wildman–Crippen LogP) is -2.81. The number of carboxylic acid groups (broad SMARTS) is 1. The lowest BCUT2D eigenvalue weighted by Gasteiger charge is -2.25. The van der Waals surface area contributed by atoms with Crippen molar-refractivity contribution in [1.82, 2.24) is 16.0 Å². The van der Waals surface area contributed by atoms with Crippen LogP contribution < -0.4 is 33.2 Å². The number of aliphatic hydroxyl groups excluding tert-OH is 1. The lowest BCUT2D eigenvalue weighted by atomic mass is 10.0. The number of phenolic OH excluding ortho intramolecular Hbond substituents is 1. The minimum atomic E-state index is -1.60. The van der Waals surface area contributed by atoms with Gasteiger partial charge in [-0.25, -0.2) is 4.79 Å². The summed E-state index contributed by atoms with van der Waals surface area (Å²) in [4.78, 5) is 60.8. The van der Waals surface area contributed by atoms with Crippen LogP contribution in [0.15, 0.2) is 24.3 Å². The van der Waals surface area contributed by atoms with Crippen molar-refractivity contribution in [2.75, 3.05) is 13.2 Å². The largest absolute Gasteiger partial charge is 0.508 e. The number of hydrogen-bond acceptors (Lipinski definition) is 9. The fourth-order valence-corrected chi connectivity index (χ4v) is 3.28. The van der Waals surface area contributed by atoms with Gasteiger partial charge >= 0.3 is 5.97 Å². The van der Waals surface area contributed by atoms with Gasteiger partial charge in [-0.05, 0) is 49.9 Å². The van der Waals surface area contributed by atoms with Crippen LogP contribution in [0.3, 0.4) is 0 Å². The van der Waals surface area contributed by atoms with Crippen LogP contribution in [0, 0.1) is 0 Å². The zero-order chi connectivity index (χ0) is 28.0. The number of nitrogens with two attached hydrogens (primary N) is 3. The normalized spacial score (nSPS) is 14.0. The first-order chi connectivity index (χ1) is 17.5. The summed E-state index contributed by atoms with van der Waals surface area (Å²) in [7, 11) is 0. The summed E-state index contributed by atoms with van der Waals surface area (Å²) in [6, 6.07) is 0.683. The predicted molar refractivity (Wildman–Crippen MR) is 132 cm³/mol. The number of amides is 4. The Morgan fingerprint density at radius 3 is 1.95 bits per heavy atom. The molecule has 4 atom stereocenters. The minimum absolute atomic E-state index is 0.0182. The molecule has 4 unspecified atom stereocenters. The van der Waals surface area contributed by atoms with E-state index in [1.807, 2.05) is 0 Å². The molecule has 0 saturated heterocycles. The average molecular weight is 525 g/mol. The summed E-state index contributed by atoms with van der Waals surface area (Å²) in [5.74, 6) is -4.43. The van der Waals surface area contributed by atoms with Crippen molar-refractivity contribution in [3.8, 4) is 5.75 Å². The molecule has 4 amide bonds. The molecule has 0 aliphatic heterocycles. The van der Waals surface area contributed by atoms with Gasteiger partial charge in [-0.15, -0.1) is 0 Å². The number of rotatable bonds is 17. The molecule has 0 fully saturated rings. The standard InChI is InChI=1S/C23H36N6O8/c24-10-2-1-3-16(27-20(33)15(25)8-9-19(26)32)21(34)28-17(11-13-4-6-14(31)7-5-13)22(35)29-18(12-30)23(36)37/h4-7,15-18,30-31H,1-3,8-12,24-25H2,(H2,26,32)(H,27,33)(H,28,34)(H,29,35)(H,36,37). The summed E-state index contributed by atoms with van der Waals surface area (Å²) in [6.07, 6.45) is 0.953. The number of primary amides is 1. The maximum Gasteiger partial charge on any atom is 0.328 e. The topological polar surface area (TPSA) is 260 Å². The van der Waals surface area contributed by atoms with Gasteiger partial charge in [-0.2, -0.15) is 0 Å². The zero-order valence-corrected chi connectivity index (χ0v) is 20.4. The number of hydrogen-bond donors (Lipinski definition) is 9. The quantitative estimate of drug-likeness (QED) is 0.0944. The first kappa shape index (κ1) is 31.3. The summed E-state index contributed by atoms with van der Waals surface area (Å²) in [5.41, 5.74) is 16.9. The number of benzene rings is 1. The number of aromatic hydroxyl groups is 1. The number of carboxylic acids is 1. The molecule has 0 aliphatic carbocycles. The van der Waals surface area contributed by atoms with Crippen molar-refractivity contribution in [3.05, 3.63) is 29.8 Å². The molecule has 0 aliphatic rings. The average Bonchev–Trinajstić information content (AvgIpc) is 2.85. The lowest BCUT2D eigenvalue weighted by molar-refractivity contribution is -0.143. The monoisotopic (exact) mass is 524 g/mol. The van der Waals surface area contributed by atoms with Crippen LogP contribution in [0.1, 0.15) is 37.7 Å². The Bertz CT molecular complexity index is 926. The summed E-state index contributed by atoms with van der Waals surface area (Å²) in [6.45, 7) is -0.522. The number of carbonyl (C=O) groups excluding carboxylic acids is 4. The molecule has 206 valence electrons. The fraction of sp³-hybridized carbons (Fsp3) is 0.522. The van der Waals surface area contributed by atoms with Crippen molar-refractivity contribution >= 4 is 29.6 Å². The van der Waals surface area contributed by atoms with E-state index < -0.39 is 60.4 Å². The highest BCUT2D eigenvalue weighted by Crippen LogP contribution is 2.12. The Labute approximate surface area is 213 Å². The van der Waals surface area contributed by atoms with Gasteiger partial charge in [0.05, 0.1) is 12.6 Å². The second-order valence-electron chi connectivity index (χ2n) is 8.47. The number of aliphatic hydroxyl groups is 1. The molecule has 14 nitrogen and oxygen atoms in total. The molecule has 1 aromatic carbocycles. The lowest BCUT2D eigenvalue weighted by Crippen LogP contribution is -2.58. The molecule has 0 aromatic heterocycles. The van der Waals surface area contributed by atoms with Crippen molar-refractivity contribution < 1.29 is 39.3 Å². The van der Waals surface area contributed by atoms with Gasteiger partial charge in [0.2, 0.25) is 23.6 Å². The fourth-order valence-electron chi connectivity index (χ4n) is 3.28. The van der Waals surface area contributed by atoms with Crippen LogP contribution >= 0.6 is 0 Å². The summed E-state index contributed by atoms with van der Waals surface area (Å²) in [5, 5.41) is 35.1. The van der Waals surface area contributed by atoms with Gasteiger partial charge in [0.1, 0.15) is 23.9 Å². The van der Waals surface area contributed by atoms with Crippen LogP contribution in [0.25, 0.3) is 0 Å². The van der Waals surface area contributed by atoms with Crippen molar-refractivity contribution in [2.45, 2.75) is 62.7 Å². The zero-order valence-electron chi connectivity index (χ0n) is 20.4. The second kappa shape index (κ2) is 16.1. The van der Waals surface area contributed by atoms with Crippen LogP contribution in [-0.4, -0.2) is 82.2 Å². The van der Waals surface area contributed by atoms with E-state index in [1.165, 1.54) is 24.3 Å². The van der Waals surface area contributed by atoms with Gasteiger partial charge in [0, 0.05) is 12.8 Å². The molecule has 0 heterocycles. The van der Waals surface area contributed by atoms with E-state index >= 15 is 0 Å². The number of aliphatic carboxylic acids is 1. The number of unbranched alkanes of at least 4 members (excludes halogenated alkanes) is 1. The maximum absolute atomic E-state index is 13.2. The van der Waals surface area contributed by atoms with Gasteiger partial charge in [-0.3, -0.25) is 19.2 Å². The van der Waals surface area contributed by atoms with E-state index in [0.717, 1.165) is 0 Å². The number of carbonyl (C=O) groups is 5. The summed E-state index contributed by atoms with van der Waals surface area (Å²) < 4.78 is 0. The first-order valence-electron chi connectivity index (χ1n) is 11.7. The molecule has 37 heavy (non-hydrogen) atoms. The van der Waals surface area contributed by atoms with Gasteiger partial charge in [0.25, 0.3) is 0 Å². The molecule has 14 heteroatoms. The minimum Gasteiger partial charge on any atom is -0.508 e. The molecular weight excluding hydrogens is 488 g/mol. The molecule has 0 radical (unpaired) electrons. The SMILES string of the molecule is NCCCCC(NC(=O)C(N)CCC(N)=O)C(=O)NC(Cc1ccc(O)cc1)C(=O)NC(CO)C(=O)O. The van der Waals surface area contributed by atoms with Gasteiger partial charge in [-0.1, -0.05) is 12.1 Å². The molecule has 0 bridgehead atoms. The van der Waals surface area contributed by atoms with E-state index in [0.29, 0.717) is 24.9 Å². The Morgan fingerprint density at radius 2 is 1.41 bits per heavy atom. The Kier molecular flexibility index (Phi) is 13.6. The third kappa shape index (κ3) is 11.7. The van der Waals surface area contributed by atoms with Crippen LogP contribution in [0.2, 0.25) is 0 Å². The maximum atomic E-state index is 13.2. The Hall–Kier alpha value is -3.75. The molecule has 0 saturated carbocycles. The molecule has 12 N–H and O–H groups in total. The van der Waals surface area contributed by atoms with E-state index in [2.05, 4.69) is 16.0 Å². The van der Waals surface area contributed by atoms with E-state index in [4.69, 9.17) is 22.3 Å². The van der Waals surface area contributed by atoms with E-state index in [9.17, 15) is 34.2 Å². The highest BCUT2D eigenvalue weighted by atomic mass is 16.4. The highest BCUT2D eigenvalue weighted by molar-refractivity contribution is 5.94. The molecule has 1 aromatic rings. The number of phenols is 1. The third-order valence-electron chi connectivity index (χ3n) is 5.42. The van der Waals surface area contributed by atoms with Gasteiger partial charge < -0.3 is 48.5 Å². The smallest absolute Gasteiger partial charge is 0.328 e. The van der Waals surface area contributed by atoms with Crippen molar-refractivity contribution in [2.24, 2.45) is 17.2 Å². The first-order valence-corrected chi connectivity index (χ1v) is 11.7. The van der Waals surface area contributed by atoms with Crippen molar-refractivity contribution in [3.63, 3.8) is 0 Å². The number of nitrogens with one attached hydrogen (secondary N) is 3. The Morgan fingerprint density at radius 1 is 0.838 bits per heavy atom. The summed E-state index contributed by atoms with van der Waals surface area (Å²) >= 11 is 0. The van der Waals surface area contributed by atoms with Crippen LogP contribution in [-0.2, 0) is 30.4 Å². The van der Waals surface area contributed by atoms with Crippen molar-refractivity contribution in [1.29, 1.82) is 0 Å². The highest BCUT2D eigenvalue weighted by Gasteiger charge is 2.30.